The molecule has 0 saturated carbocycles. The van der Waals surface area contributed by atoms with Gasteiger partial charge in [-0.3, -0.25) is 4.57 Å². The predicted octanol–water partition coefficient (Wildman–Crippen LogP) is 8.89. The lowest BCUT2D eigenvalue weighted by Gasteiger charge is -2.42. The average Bonchev–Trinajstić information content (AvgIpc) is 3.74. The van der Waals surface area contributed by atoms with Crippen molar-refractivity contribution in [1.29, 1.82) is 0 Å². The van der Waals surface area contributed by atoms with Crippen LogP contribution in [0.5, 0.6) is 0 Å². The number of aliphatic imine (C=N–C) groups is 1. The van der Waals surface area contributed by atoms with Gasteiger partial charge >= 0.3 is 0 Å². The molecule has 9 aromatic rings. The van der Waals surface area contributed by atoms with Gasteiger partial charge in [0.25, 0.3) is 0 Å². The number of hydrogen-bond acceptors (Lipinski definition) is 3. The van der Waals surface area contributed by atoms with Crippen LogP contribution in [0.15, 0.2) is 151 Å². The highest BCUT2D eigenvalue weighted by Crippen LogP contribution is 2.38. The molecule has 6 heteroatoms. The van der Waals surface area contributed by atoms with E-state index in [0.717, 1.165) is 39.1 Å². The molecule has 3 aromatic heterocycles. The average molecular weight is 595 g/mol. The maximum atomic E-state index is 5.54. The fraction of sp³-hybridized carbons (Fsp3) is 0.0750. The summed E-state index contributed by atoms with van der Waals surface area (Å²) in [5, 5.41) is 15.2. The molecular weight excluding hydrogens is 564 g/mol. The highest BCUT2D eigenvalue weighted by Gasteiger charge is 2.39. The van der Waals surface area contributed by atoms with E-state index in [1.165, 1.54) is 32.3 Å². The molecule has 1 aliphatic rings. The smallest absolute Gasteiger partial charge is 0.209 e. The number of rotatable bonds is 2. The zero-order valence-electron chi connectivity index (χ0n) is 25.2. The number of nitrogens with one attached hydrogen (secondary N) is 2. The number of aromatic nitrogens is 3. The highest BCUT2D eigenvalue weighted by molar-refractivity contribution is 6.14. The van der Waals surface area contributed by atoms with Gasteiger partial charge in [0.2, 0.25) is 5.96 Å². The van der Waals surface area contributed by atoms with E-state index in [9.17, 15) is 0 Å². The number of hydrogen-bond donors (Lipinski definition) is 2. The molecular formula is C40H30N6. The first-order valence-electron chi connectivity index (χ1n) is 15.8. The molecule has 0 fully saturated rings. The van der Waals surface area contributed by atoms with E-state index >= 15 is 0 Å². The third-order valence-corrected chi connectivity index (χ3v) is 9.69. The molecule has 220 valence electrons. The van der Waals surface area contributed by atoms with E-state index in [1.807, 2.05) is 0 Å². The van der Waals surface area contributed by atoms with Crippen LogP contribution in [0.2, 0.25) is 0 Å². The van der Waals surface area contributed by atoms with Crippen molar-refractivity contribution in [1.82, 2.24) is 24.3 Å². The summed E-state index contributed by atoms with van der Waals surface area (Å²) < 4.78 is 7.05. The Morgan fingerprint density at radius 2 is 0.826 bits per heavy atom. The second-order valence-corrected chi connectivity index (χ2v) is 12.3. The topological polar surface area (TPSA) is 51.2 Å². The molecule has 6 aromatic carbocycles. The SMILES string of the molecule is CC1(n2c3ccccc3c3ccccc32)NC(n2c3ccccc3c3ccccc32)=NC(n2c3ccccc3c3ccccc32)N1. The lowest BCUT2D eigenvalue weighted by Crippen LogP contribution is -2.63. The van der Waals surface area contributed by atoms with Crippen molar-refractivity contribution >= 4 is 71.4 Å². The van der Waals surface area contributed by atoms with E-state index in [1.54, 1.807) is 0 Å². The molecule has 0 spiro atoms. The van der Waals surface area contributed by atoms with Gasteiger partial charge in [-0.2, -0.15) is 0 Å². The van der Waals surface area contributed by atoms with E-state index in [-0.39, 0.29) is 0 Å². The summed E-state index contributed by atoms with van der Waals surface area (Å²) in [7, 11) is 0. The van der Waals surface area contributed by atoms with Gasteiger partial charge in [0.1, 0.15) is 0 Å². The van der Waals surface area contributed by atoms with Crippen molar-refractivity contribution in [3.05, 3.63) is 146 Å². The largest absolute Gasteiger partial charge is 0.320 e. The van der Waals surface area contributed by atoms with Crippen LogP contribution in [0.3, 0.4) is 0 Å². The first-order valence-corrected chi connectivity index (χ1v) is 15.8. The van der Waals surface area contributed by atoms with Crippen molar-refractivity contribution in [3.8, 4) is 0 Å². The van der Waals surface area contributed by atoms with E-state index in [4.69, 9.17) is 4.99 Å². The summed E-state index contributed by atoms with van der Waals surface area (Å²) in [6.45, 7) is 2.23. The Morgan fingerprint density at radius 1 is 0.478 bits per heavy atom. The Bertz CT molecular complexity index is 2530. The van der Waals surface area contributed by atoms with Crippen LogP contribution in [-0.4, -0.2) is 19.7 Å². The number of para-hydroxylation sites is 6. The molecule has 4 heterocycles. The lowest BCUT2D eigenvalue weighted by atomic mass is 10.2. The van der Waals surface area contributed by atoms with E-state index in [2.05, 4.69) is 177 Å². The van der Waals surface area contributed by atoms with Crippen molar-refractivity contribution in [2.24, 2.45) is 4.99 Å². The molecule has 1 aliphatic heterocycles. The Hall–Kier alpha value is -5.85. The van der Waals surface area contributed by atoms with Crippen LogP contribution in [0, 0.1) is 0 Å². The predicted molar refractivity (Wildman–Crippen MR) is 190 cm³/mol. The van der Waals surface area contributed by atoms with Crippen LogP contribution in [0.25, 0.3) is 65.4 Å². The summed E-state index contributed by atoms with van der Waals surface area (Å²) in [6.07, 6.45) is -0.425. The molecule has 2 N–H and O–H groups in total. The second kappa shape index (κ2) is 9.33. The normalized spacial score (nSPS) is 18.6. The van der Waals surface area contributed by atoms with Gasteiger partial charge in [0, 0.05) is 32.3 Å². The summed E-state index contributed by atoms with van der Waals surface area (Å²) in [5.74, 6) is 0.0102. The van der Waals surface area contributed by atoms with Crippen LogP contribution in [0.1, 0.15) is 13.2 Å². The Labute approximate surface area is 264 Å². The van der Waals surface area contributed by atoms with Crippen LogP contribution in [0.4, 0.5) is 0 Å². The highest BCUT2D eigenvalue weighted by atomic mass is 15.5. The molecule has 6 nitrogen and oxygen atoms in total. The van der Waals surface area contributed by atoms with Gasteiger partial charge in [-0.15, -0.1) is 0 Å². The molecule has 10 rings (SSSR count). The van der Waals surface area contributed by atoms with Gasteiger partial charge in [-0.1, -0.05) is 109 Å². The van der Waals surface area contributed by atoms with Gasteiger partial charge in [-0.05, 0) is 43.3 Å². The summed E-state index contributed by atoms with van der Waals surface area (Å²) in [4.78, 5) is 5.54. The third-order valence-electron chi connectivity index (χ3n) is 9.69. The summed E-state index contributed by atoms with van der Waals surface area (Å²) in [5.41, 5.74) is 6.80. The minimum atomic E-state index is -0.774. The van der Waals surface area contributed by atoms with Crippen molar-refractivity contribution < 1.29 is 0 Å². The fourth-order valence-corrected chi connectivity index (χ4v) is 7.81. The van der Waals surface area contributed by atoms with E-state index in [0.29, 0.717) is 0 Å². The zero-order valence-corrected chi connectivity index (χ0v) is 25.2. The molecule has 2 atom stereocenters. The minimum absolute atomic E-state index is 0.425. The first-order chi connectivity index (χ1) is 22.7. The van der Waals surface area contributed by atoms with Crippen LogP contribution in [-0.2, 0) is 5.79 Å². The molecule has 0 aliphatic carbocycles. The van der Waals surface area contributed by atoms with Crippen LogP contribution >= 0.6 is 0 Å². The molecule has 0 saturated heterocycles. The van der Waals surface area contributed by atoms with Gasteiger partial charge in [0.15, 0.2) is 12.1 Å². The second-order valence-electron chi connectivity index (χ2n) is 12.3. The maximum Gasteiger partial charge on any atom is 0.209 e. The monoisotopic (exact) mass is 594 g/mol. The fourth-order valence-electron chi connectivity index (χ4n) is 7.81. The van der Waals surface area contributed by atoms with Gasteiger partial charge in [0.05, 0.1) is 33.1 Å². The molecule has 2 unspecified atom stereocenters. The summed E-state index contributed by atoms with van der Waals surface area (Å²) >= 11 is 0. The maximum absolute atomic E-state index is 5.54. The Morgan fingerprint density at radius 3 is 1.28 bits per heavy atom. The molecule has 46 heavy (non-hydrogen) atoms. The third kappa shape index (κ3) is 3.42. The molecule has 0 radical (unpaired) electrons. The lowest BCUT2D eigenvalue weighted by molar-refractivity contribution is 0.161. The first kappa shape index (κ1) is 25.5. The molecule has 0 amide bonds. The molecule has 0 bridgehead atoms. The van der Waals surface area contributed by atoms with Crippen molar-refractivity contribution in [2.45, 2.75) is 19.0 Å². The van der Waals surface area contributed by atoms with Gasteiger partial charge < -0.3 is 14.5 Å². The quantitative estimate of drug-likeness (QED) is 0.210. The van der Waals surface area contributed by atoms with Crippen molar-refractivity contribution in [2.75, 3.05) is 0 Å². The Kier molecular flexibility index (Phi) is 5.17. The standard InChI is InChI=1S/C40H30N6/c1-40(46-36-24-12-6-18-30(36)31-19-7-13-25-37(31)46)42-38(44-32-20-8-2-14-26(32)27-15-3-9-21-33(27)44)41-39(43-40)45-34-22-10-4-16-28(34)29-17-5-11-23-35(29)45/h2-25,38,42H,1H3,(H,41,43). The number of benzene rings is 6. The van der Waals surface area contributed by atoms with Crippen molar-refractivity contribution in [3.63, 3.8) is 0 Å². The van der Waals surface area contributed by atoms with Crippen LogP contribution < -0.4 is 10.6 Å². The Balaban J connectivity index is 1.31. The number of nitrogens with zero attached hydrogens (tertiary/aromatic N) is 4. The summed E-state index contributed by atoms with van der Waals surface area (Å²) in [6, 6.07) is 51.8. The van der Waals surface area contributed by atoms with Gasteiger partial charge in [-0.25, -0.2) is 10.3 Å². The van der Waals surface area contributed by atoms with E-state index < -0.39 is 12.1 Å². The number of fused-ring (bicyclic) bond motifs is 9. The minimum Gasteiger partial charge on any atom is -0.320 e. The zero-order chi connectivity index (χ0) is 30.4.